The van der Waals surface area contributed by atoms with Gasteiger partial charge >= 0.3 is 0 Å². The summed E-state index contributed by atoms with van der Waals surface area (Å²) in [6.45, 7) is 4.74. The van der Waals surface area contributed by atoms with Gasteiger partial charge in [-0.2, -0.15) is 0 Å². The molecule has 0 aromatic heterocycles. The third-order valence-corrected chi connectivity index (χ3v) is 4.48. The molecule has 20 heavy (non-hydrogen) atoms. The first kappa shape index (κ1) is 16.2. The number of aliphatic hydroxyl groups is 2. The highest BCUT2D eigenvalue weighted by Gasteiger charge is 2.44. The SMILES string of the molecule is CCC(C)NC[C@H]1O[C@H](OC2CCCCC2)[C@@H](O)[C@H]1O. The van der Waals surface area contributed by atoms with Crippen molar-refractivity contribution in [3.8, 4) is 0 Å². The topological polar surface area (TPSA) is 71.0 Å². The Hall–Kier alpha value is -0.200. The highest BCUT2D eigenvalue weighted by Crippen LogP contribution is 2.27. The van der Waals surface area contributed by atoms with Crippen LogP contribution in [0.3, 0.4) is 0 Å². The first-order valence-corrected chi connectivity index (χ1v) is 8.02. The first-order valence-electron chi connectivity index (χ1n) is 8.02. The zero-order valence-corrected chi connectivity index (χ0v) is 12.6. The summed E-state index contributed by atoms with van der Waals surface area (Å²) >= 11 is 0. The van der Waals surface area contributed by atoms with Gasteiger partial charge in [0.15, 0.2) is 6.29 Å². The van der Waals surface area contributed by atoms with E-state index in [2.05, 4.69) is 19.2 Å². The number of rotatable bonds is 6. The first-order chi connectivity index (χ1) is 9.61. The van der Waals surface area contributed by atoms with Gasteiger partial charge in [0, 0.05) is 12.6 Å². The molecule has 1 saturated heterocycles. The average Bonchev–Trinajstić information content (AvgIpc) is 2.74. The lowest BCUT2D eigenvalue weighted by molar-refractivity contribution is -0.195. The lowest BCUT2D eigenvalue weighted by Crippen LogP contribution is -2.40. The van der Waals surface area contributed by atoms with Crippen LogP contribution in [0.2, 0.25) is 0 Å². The van der Waals surface area contributed by atoms with Crippen molar-refractivity contribution < 1.29 is 19.7 Å². The van der Waals surface area contributed by atoms with E-state index in [1.54, 1.807) is 0 Å². The second-order valence-corrected chi connectivity index (χ2v) is 6.14. The minimum Gasteiger partial charge on any atom is -0.387 e. The molecule has 118 valence electrons. The number of nitrogens with one attached hydrogen (secondary N) is 1. The fraction of sp³-hybridized carbons (Fsp3) is 1.00. The summed E-state index contributed by atoms with van der Waals surface area (Å²) in [6.07, 6.45) is 3.95. The van der Waals surface area contributed by atoms with Gasteiger partial charge in [-0.05, 0) is 26.2 Å². The average molecular weight is 287 g/mol. The van der Waals surface area contributed by atoms with Gasteiger partial charge in [0.1, 0.15) is 18.3 Å². The van der Waals surface area contributed by atoms with Crippen LogP contribution in [-0.2, 0) is 9.47 Å². The van der Waals surface area contributed by atoms with Gasteiger partial charge in [0.05, 0.1) is 6.10 Å². The summed E-state index contributed by atoms with van der Waals surface area (Å²) in [4.78, 5) is 0. The van der Waals surface area contributed by atoms with E-state index in [0.29, 0.717) is 12.6 Å². The second kappa shape index (κ2) is 7.71. The summed E-state index contributed by atoms with van der Waals surface area (Å²) in [5.74, 6) is 0. The van der Waals surface area contributed by atoms with E-state index in [0.717, 1.165) is 19.3 Å². The van der Waals surface area contributed by atoms with Gasteiger partial charge in [-0.1, -0.05) is 26.2 Å². The number of ether oxygens (including phenoxy) is 2. The molecular weight excluding hydrogens is 258 g/mol. The minimum atomic E-state index is -0.944. The van der Waals surface area contributed by atoms with E-state index in [1.807, 2.05) is 0 Å². The van der Waals surface area contributed by atoms with Crippen LogP contribution in [0.4, 0.5) is 0 Å². The molecule has 5 nitrogen and oxygen atoms in total. The molecule has 2 rings (SSSR count). The maximum Gasteiger partial charge on any atom is 0.186 e. The highest BCUT2D eigenvalue weighted by molar-refractivity contribution is 4.89. The van der Waals surface area contributed by atoms with Crippen LogP contribution in [0.1, 0.15) is 52.4 Å². The van der Waals surface area contributed by atoms with E-state index in [1.165, 1.54) is 19.3 Å². The van der Waals surface area contributed by atoms with E-state index >= 15 is 0 Å². The standard InChI is InChI=1S/C15H29NO4/c1-3-10(2)16-9-12-13(17)14(18)15(20-12)19-11-7-5-4-6-8-11/h10-18H,3-9H2,1-2H3/t10?,12-,13+,14+,15+/m1/s1. The Bertz CT molecular complexity index is 283. The number of hydrogen-bond donors (Lipinski definition) is 3. The van der Waals surface area contributed by atoms with Gasteiger partial charge in [-0.3, -0.25) is 0 Å². The quantitative estimate of drug-likeness (QED) is 0.684. The van der Waals surface area contributed by atoms with Crippen molar-refractivity contribution in [3.63, 3.8) is 0 Å². The van der Waals surface area contributed by atoms with Crippen molar-refractivity contribution in [1.82, 2.24) is 5.32 Å². The van der Waals surface area contributed by atoms with Crippen molar-refractivity contribution >= 4 is 0 Å². The zero-order chi connectivity index (χ0) is 14.5. The summed E-state index contributed by atoms with van der Waals surface area (Å²) in [5, 5.41) is 23.4. The van der Waals surface area contributed by atoms with E-state index in [-0.39, 0.29) is 6.10 Å². The smallest absolute Gasteiger partial charge is 0.186 e. The number of aliphatic hydroxyl groups excluding tert-OH is 2. The summed E-state index contributed by atoms with van der Waals surface area (Å²) < 4.78 is 11.5. The Labute approximate surface area is 121 Å². The van der Waals surface area contributed by atoms with E-state index in [4.69, 9.17) is 9.47 Å². The molecule has 3 N–H and O–H groups in total. The van der Waals surface area contributed by atoms with Gasteiger partial charge in [-0.25, -0.2) is 0 Å². The third-order valence-electron chi connectivity index (χ3n) is 4.48. The van der Waals surface area contributed by atoms with Crippen LogP contribution < -0.4 is 5.32 Å². The fourth-order valence-electron chi connectivity index (χ4n) is 2.85. The molecule has 0 amide bonds. The molecular formula is C15H29NO4. The lowest BCUT2D eigenvalue weighted by Gasteiger charge is -2.26. The summed E-state index contributed by atoms with van der Waals surface area (Å²) in [7, 11) is 0. The molecule has 2 fully saturated rings. The van der Waals surface area contributed by atoms with Crippen molar-refractivity contribution in [2.24, 2.45) is 0 Å². The second-order valence-electron chi connectivity index (χ2n) is 6.14. The Kier molecular flexibility index (Phi) is 6.23. The largest absolute Gasteiger partial charge is 0.387 e. The Balaban J connectivity index is 1.79. The van der Waals surface area contributed by atoms with Crippen LogP contribution in [-0.4, -0.2) is 53.5 Å². The molecule has 1 aliphatic carbocycles. The molecule has 0 spiro atoms. The normalized spacial score (nSPS) is 37.2. The van der Waals surface area contributed by atoms with Crippen molar-refractivity contribution in [3.05, 3.63) is 0 Å². The highest BCUT2D eigenvalue weighted by atomic mass is 16.7. The van der Waals surface area contributed by atoms with Crippen molar-refractivity contribution in [1.29, 1.82) is 0 Å². The minimum absolute atomic E-state index is 0.164. The Morgan fingerprint density at radius 1 is 1.20 bits per heavy atom. The fourth-order valence-corrected chi connectivity index (χ4v) is 2.85. The molecule has 2 aliphatic rings. The van der Waals surface area contributed by atoms with Gasteiger partial charge in [-0.15, -0.1) is 0 Å². The Morgan fingerprint density at radius 3 is 2.55 bits per heavy atom. The van der Waals surface area contributed by atoms with E-state index in [9.17, 15) is 10.2 Å². The molecule has 0 bridgehead atoms. The van der Waals surface area contributed by atoms with Gasteiger partial charge < -0.3 is 25.0 Å². The van der Waals surface area contributed by atoms with Crippen LogP contribution >= 0.6 is 0 Å². The van der Waals surface area contributed by atoms with Gasteiger partial charge in [0.2, 0.25) is 0 Å². The monoisotopic (exact) mass is 287 g/mol. The predicted octanol–water partition coefficient (Wildman–Crippen LogP) is 1.17. The molecule has 1 heterocycles. The molecule has 0 aromatic rings. The van der Waals surface area contributed by atoms with Crippen LogP contribution in [0.15, 0.2) is 0 Å². The van der Waals surface area contributed by atoms with Crippen LogP contribution in [0.25, 0.3) is 0 Å². The van der Waals surface area contributed by atoms with E-state index < -0.39 is 24.6 Å². The zero-order valence-electron chi connectivity index (χ0n) is 12.6. The maximum atomic E-state index is 10.1. The lowest BCUT2D eigenvalue weighted by atomic mass is 9.98. The molecule has 5 heteroatoms. The van der Waals surface area contributed by atoms with Gasteiger partial charge in [0.25, 0.3) is 0 Å². The third kappa shape index (κ3) is 4.15. The predicted molar refractivity (Wildman–Crippen MR) is 76.4 cm³/mol. The molecule has 0 aromatic carbocycles. The van der Waals surface area contributed by atoms with Crippen LogP contribution in [0.5, 0.6) is 0 Å². The number of hydrogen-bond acceptors (Lipinski definition) is 5. The summed E-state index contributed by atoms with van der Waals surface area (Å²) in [6, 6.07) is 0.376. The van der Waals surface area contributed by atoms with Crippen LogP contribution in [0, 0.1) is 0 Å². The maximum absolute atomic E-state index is 10.1. The molecule has 1 saturated carbocycles. The van der Waals surface area contributed by atoms with Crippen molar-refractivity contribution in [2.75, 3.05) is 6.54 Å². The molecule has 0 radical (unpaired) electrons. The molecule has 1 aliphatic heterocycles. The molecule has 5 atom stereocenters. The molecule has 1 unspecified atom stereocenters. The van der Waals surface area contributed by atoms with Crippen molar-refractivity contribution in [2.45, 2.75) is 89.1 Å². The summed E-state index contributed by atoms with van der Waals surface area (Å²) in [5.41, 5.74) is 0. The Morgan fingerprint density at radius 2 is 1.90 bits per heavy atom.